The highest BCUT2D eigenvalue weighted by molar-refractivity contribution is 6.02. The van der Waals surface area contributed by atoms with E-state index >= 15 is 0 Å². The molecule has 0 radical (unpaired) electrons. The predicted octanol–water partition coefficient (Wildman–Crippen LogP) is 0.164. The lowest BCUT2D eigenvalue weighted by molar-refractivity contribution is -0.137. The topological polar surface area (TPSA) is 76.3 Å². The van der Waals surface area contributed by atoms with Crippen molar-refractivity contribution in [2.24, 2.45) is 0 Å². The zero-order valence-electron chi connectivity index (χ0n) is 9.14. The highest BCUT2D eigenvalue weighted by atomic mass is 16.2. The first-order valence-electron chi connectivity index (χ1n) is 5.20. The van der Waals surface area contributed by atoms with Crippen LogP contribution in [0.25, 0.3) is 0 Å². The van der Waals surface area contributed by atoms with Gasteiger partial charge in [-0.15, -0.1) is 0 Å². The average Bonchev–Trinajstić information content (AvgIpc) is 2.63. The molecule has 1 fully saturated rings. The van der Waals surface area contributed by atoms with Crippen molar-refractivity contribution < 1.29 is 9.59 Å². The number of rotatable bonds is 1. The van der Waals surface area contributed by atoms with E-state index in [1.165, 1.54) is 11.1 Å². The molecule has 5 nitrogen and oxygen atoms in total. The van der Waals surface area contributed by atoms with Crippen molar-refractivity contribution in [1.29, 1.82) is 0 Å². The molecule has 0 spiro atoms. The lowest BCUT2D eigenvalue weighted by Crippen LogP contribution is -2.29. The molecule has 1 aromatic heterocycles. The molecule has 2 rings (SSSR count). The molecular weight excluding hydrogens is 218 g/mol. The Morgan fingerprint density at radius 3 is 2.59 bits per heavy atom. The van der Waals surface area contributed by atoms with E-state index in [9.17, 15) is 9.59 Å². The number of hydrogen-bond donors (Lipinski definition) is 1. The van der Waals surface area contributed by atoms with Gasteiger partial charge < -0.3 is 5.73 Å². The Balaban J connectivity index is 2.01. The second-order valence-electron chi connectivity index (χ2n) is 3.65. The molecule has 86 valence electrons. The van der Waals surface area contributed by atoms with Gasteiger partial charge in [0.25, 0.3) is 0 Å². The fraction of sp³-hybridized carbons (Fsp3) is 0.250. The molecular formula is C12H11N3O2. The molecule has 1 aliphatic rings. The number of imide groups is 1. The Morgan fingerprint density at radius 1 is 1.29 bits per heavy atom. The summed E-state index contributed by atoms with van der Waals surface area (Å²) in [4.78, 5) is 27.7. The Morgan fingerprint density at radius 2 is 2.00 bits per heavy atom. The van der Waals surface area contributed by atoms with Crippen molar-refractivity contribution in [3.8, 4) is 11.8 Å². The normalized spacial score (nSPS) is 14.7. The summed E-state index contributed by atoms with van der Waals surface area (Å²) in [6.45, 7) is 0.129. The van der Waals surface area contributed by atoms with Crippen molar-refractivity contribution in [3.63, 3.8) is 0 Å². The summed E-state index contributed by atoms with van der Waals surface area (Å²) in [5, 5.41) is 0. The van der Waals surface area contributed by atoms with Crippen molar-refractivity contribution >= 4 is 17.5 Å². The van der Waals surface area contributed by atoms with Crippen molar-refractivity contribution in [1.82, 2.24) is 9.88 Å². The van der Waals surface area contributed by atoms with E-state index in [0.717, 1.165) is 0 Å². The van der Waals surface area contributed by atoms with E-state index in [4.69, 9.17) is 5.73 Å². The van der Waals surface area contributed by atoms with Gasteiger partial charge in [0, 0.05) is 12.8 Å². The van der Waals surface area contributed by atoms with Crippen LogP contribution < -0.4 is 5.73 Å². The Hall–Kier alpha value is -2.35. The minimum Gasteiger partial charge on any atom is -0.397 e. The summed E-state index contributed by atoms with van der Waals surface area (Å²) in [5.74, 6) is 5.22. The van der Waals surface area contributed by atoms with E-state index in [1.54, 1.807) is 12.1 Å². The van der Waals surface area contributed by atoms with Gasteiger partial charge in [-0.2, -0.15) is 0 Å². The minimum atomic E-state index is -0.158. The van der Waals surface area contributed by atoms with Crippen LogP contribution in [0, 0.1) is 11.8 Å². The average molecular weight is 229 g/mol. The Bertz CT molecular complexity index is 495. The largest absolute Gasteiger partial charge is 0.397 e. The fourth-order valence-corrected chi connectivity index (χ4v) is 1.49. The van der Waals surface area contributed by atoms with Gasteiger partial charge in [0.2, 0.25) is 11.8 Å². The van der Waals surface area contributed by atoms with Crippen LogP contribution in [0.2, 0.25) is 0 Å². The quantitative estimate of drug-likeness (QED) is 0.550. The van der Waals surface area contributed by atoms with Gasteiger partial charge in [0.15, 0.2) is 0 Å². The van der Waals surface area contributed by atoms with Crippen LogP contribution in [0.15, 0.2) is 18.3 Å². The van der Waals surface area contributed by atoms with Gasteiger partial charge in [-0.3, -0.25) is 14.5 Å². The third kappa shape index (κ3) is 2.61. The molecule has 2 heterocycles. The molecule has 1 saturated heterocycles. The number of anilines is 1. The first-order chi connectivity index (χ1) is 8.16. The molecule has 5 heteroatoms. The maximum Gasteiger partial charge on any atom is 0.230 e. The fourth-order valence-electron chi connectivity index (χ4n) is 1.49. The van der Waals surface area contributed by atoms with Crippen molar-refractivity contribution in [2.75, 3.05) is 12.3 Å². The maximum absolute atomic E-state index is 11.3. The molecule has 0 unspecified atom stereocenters. The standard InChI is InChI=1S/C12H11N3O2/c13-9-3-4-10(14-8-9)2-1-7-15-11(16)5-6-12(15)17/h3-4,8H,5-7,13H2. The molecule has 0 aliphatic carbocycles. The zero-order chi connectivity index (χ0) is 12.3. The number of nitrogen functional groups attached to an aromatic ring is 1. The number of hydrogen-bond acceptors (Lipinski definition) is 4. The van der Waals surface area contributed by atoms with E-state index in [0.29, 0.717) is 24.2 Å². The number of aromatic nitrogens is 1. The minimum absolute atomic E-state index is 0.129. The third-order valence-electron chi connectivity index (χ3n) is 2.39. The summed E-state index contributed by atoms with van der Waals surface area (Å²) in [6, 6.07) is 3.39. The lowest BCUT2D eigenvalue weighted by Gasteiger charge is -2.07. The maximum atomic E-state index is 11.3. The van der Waals surface area contributed by atoms with E-state index in [2.05, 4.69) is 16.8 Å². The number of amides is 2. The molecule has 0 atom stereocenters. The van der Waals surface area contributed by atoms with Crippen LogP contribution >= 0.6 is 0 Å². The summed E-state index contributed by atoms with van der Waals surface area (Å²) in [7, 11) is 0. The highest BCUT2D eigenvalue weighted by Gasteiger charge is 2.27. The van der Waals surface area contributed by atoms with E-state index < -0.39 is 0 Å². The van der Waals surface area contributed by atoms with Crippen LogP contribution in [0.5, 0.6) is 0 Å². The molecule has 0 aromatic carbocycles. The van der Waals surface area contributed by atoms with Gasteiger partial charge in [0.1, 0.15) is 5.69 Å². The Kier molecular flexibility index (Phi) is 3.06. The number of carbonyl (C=O) groups excluding carboxylic acids is 2. The molecule has 0 bridgehead atoms. The van der Waals surface area contributed by atoms with Crippen molar-refractivity contribution in [2.45, 2.75) is 12.8 Å². The van der Waals surface area contributed by atoms with Crippen LogP contribution in [0.4, 0.5) is 5.69 Å². The van der Waals surface area contributed by atoms with Gasteiger partial charge >= 0.3 is 0 Å². The summed E-state index contributed by atoms with van der Waals surface area (Å²) in [5.41, 5.74) is 6.62. The number of carbonyl (C=O) groups is 2. The molecule has 0 saturated carbocycles. The molecule has 1 aromatic rings. The van der Waals surface area contributed by atoms with Crippen LogP contribution in [-0.4, -0.2) is 28.2 Å². The number of nitrogens with zero attached hydrogens (tertiary/aromatic N) is 2. The summed E-state index contributed by atoms with van der Waals surface area (Å²) < 4.78 is 0. The predicted molar refractivity (Wildman–Crippen MR) is 61.5 cm³/mol. The van der Waals surface area contributed by atoms with E-state index in [1.807, 2.05) is 0 Å². The van der Waals surface area contributed by atoms with E-state index in [-0.39, 0.29) is 18.4 Å². The molecule has 2 amide bonds. The number of pyridine rings is 1. The second-order valence-corrected chi connectivity index (χ2v) is 3.65. The van der Waals surface area contributed by atoms with Gasteiger partial charge in [-0.25, -0.2) is 4.98 Å². The molecule has 17 heavy (non-hydrogen) atoms. The Labute approximate surface area is 98.6 Å². The van der Waals surface area contributed by atoms with Gasteiger partial charge in [0.05, 0.1) is 18.4 Å². The van der Waals surface area contributed by atoms with Crippen LogP contribution in [-0.2, 0) is 9.59 Å². The smallest absolute Gasteiger partial charge is 0.230 e. The van der Waals surface area contributed by atoms with Crippen LogP contribution in [0.1, 0.15) is 18.5 Å². The van der Waals surface area contributed by atoms with Crippen LogP contribution in [0.3, 0.4) is 0 Å². The SMILES string of the molecule is Nc1ccc(C#CCN2C(=O)CCC2=O)nc1. The van der Waals surface area contributed by atoms with Gasteiger partial charge in [-0.1, -0.05) is 5.92 Å². The molecule has 1 aliphatic heterocycles. The van der Waals surface area contributed by atoms with Gasteiger partial charge in [-0.05, 0) is 18.1 Å². The molecule has 2 N–H and O–H groups in total. The highest BCUT2D eigenvalue weighted by Crippen LogP contribution is 2.10. The number of likely N-dealkylation sites (tertiary alicyclic amines) is 1. The number of nitrogens with two attached hydrogens (primary N) is 1. The summed E-state index contributed by atoms with van der Waals surface area (Å²) >= 11 is 0. The first-order valence-corrected chi connectivity index (χ1v) is 5.20. The lowest BCUT2D eigenvalue weighted by atomic mass is 10.3. The second kappa shape index (κ2) is 4.66. The zero-order valence-corrected chi connectivity index (χ0v) is 9.14. The third-order valence-corrected chi connectivity index (χ3v) is 2.39. The monoisotopic (exact) mass is 229 g/mol. The summed E-state index contributed by atoms with van der Waals surface area (Å²) in [6.07, 6.45) is 2.09. The first kappa shape index (κ1) is 11.1. The van der Waals surface area contributed by atoms with Crippen molar-refractivity contribution in [3.05, 3.63) is 24.0 Å².